The molecule has 0 heterocycles. The van der Waals surface area contributed by atoms with Crippen LogP contribution in [0, 0.1) is 12.8 Å². The fraction of sp³-hybridized carbons (Fsp3) is 0.556. The smallest absolute Gasteiger partial charge is 0.234 e. The number of thioether (sulfide) groups is 1. The van der Waals surface area contributed by atoms with Crippen molar-refractivity contribution in [2.45, 2.75) is 26.2 Å². The maximum absolute atomic E-state index is 11.8. The molecule has 0 spiro atoms. The van der Waals surface area contributed by atoms with E-state index in [1.807, 2.05) is 31.2 Å². The molecular weight excluding hydrogens is 324 g/mol. The Morgan fingerprint density at radius 3 is 2.79 bits per heavy atom. The maximum Gasteiger partial charge on any atom is 0.234 e. The first kappa shape index (κ1) is 18.8. The summed E-state index contributed by atoms with van der Waals surface area (Å²) < 4.78 is 5.51. The summed E-state index contributed by atoms with van der Waals surface area (Å²) in [6.45, 7) is 4.16. The second-order valence-corrected chi connectivity index (χ2v) is 7.12. The third kappa shape index (κ3) is 8.36. The van der Waals surface area contributed by atoms with E-state index >= 15 is 0 Å². The molecule has 1 aliphatic rings. The second kappa shape index (κ2) is 10.4. The van der Waals surface area contributed by atoms with Gasteiger partial charge < -0.3 is 15.4 Å². The molecule has 0 unspecified atom stereocenters. The number of carbonyl (C=O) groups excluding carboxylic acids is 2. The zero-order chi connectivity index (χ0) is 17.2. The van der Waals surface area contributed by atoms with Crippen molar-refractivity contribution in [2.75, 3.05) is 36.6 Å². The van der Waals surface area contributed by atoms with Gasteiger partial charge in [-0.2, -0.15) is 0 Å². The topological polar surface area (TPSA) is 67.4 Å². The number of hydrogen-bond acceptors (Lipinski definition) is 4. The van der Waals surface area contributed by atoms with Gasteiger partial charge in [-0.1, -0.05) is 12.1 Å². The van der Waals surface area contributed by atoms with Crippen LogP contribution in [0.1, 0.15) is 24.8 Å². The summed E-state index contributed by atoms with van der Waals surface area (Å²) in [4.78, 5) is 23.5. The van der Waals surface area contributed by atoms with E-state index in [1.165, 1.54) is 24.6 Å². The fourth-order valence-corrected chi connectivity index (χ4v) is 2.79. The molecule has 24 heavy (non-hydrogen) atoms. The normalized spacial score (nSPS) is 13.5. The summed E-state index contributed by atoms with van der Waals surface area (Å²) in [7, 11) is 0. The first-order valence-corrected chi connectivity index (χ1v) is 9.57. The number of hydrogen-bond donors (Lipinski definition) is 2. The third-order valence-corrected chi connectivity index (χ3v) is 4.54. The molecule has 2 amide bonds. The lowest BCUT2D eigenvalue weighted by Gasteiger charge is -2.07. The molecule has 1 aromatic carbocycles. The van der Waals surface area contributed by atoms with Crippen molar-refractivity contribution < 1.29 is 14.3 Å². The van der Waals surface area contributed by atoms with E-state index in [0.29, 0.717) is 18.9 Å². The molecular formula is C18H26N2O3S. The average Bonchev–Trinajstić information content (AvgIpc) is 3.35. The first-order valence-electron chi connectivity index (χ1n) is 8.42. The molecule has 2 N–H and O–H groups in total. The van der Waals surface area contributed by atoms with Crippen molar-refractivity contribution in [3.05, 3.63) is 29.8 Å². The molecule has 0 aromatic heterocycles. The van der Waals surface area contributed by atoms with Gasteiger partial charge in [0.1, 0.15) is 0 Å². The quantitative estimate of drug-likeness (QED) is 0.602. The molecule has 0 bridgehead atoms. The van der Waals surface area contributed by atoms with Gasteiger partial charge in [0.25, 0.3) is 0 Å². The summed E-state index contributed by atoms with van der Waals surface area (Å²) >= 11 is 1.32. The van der Waals surface area contributed by atoms with Crippen molar-refractivity contribution in [1.82, 2.24) is 5.32 Å². The zero-order valence-electron chi connectivity index (χ0n) is 14.2. The van der Waals surface area contributed by atoms with E-state index < -0.39 is 0 Å². The average molecular weight is 350 g/mol. The zero-order valence-corrected chi connectivity index (χ0v) is 15.0. The van der Waals surface area contributed by atoms with Crippen molar-refractivity contribution >= 4 is 29.3 Å². The van der Waals surface area contributed by atoms with Crippen molar-refractivity contribution in [2.24, 2.45) is 5.92 Å². The van der Waals surface area contributed by atoms with Gasteiger partial charge in [0.15, 0.2) is 0 Å². The lowest BCUT2D eigenvalue weighted by atomic mass is 10.2. The molecule has 1 fully saturated rings. The van der Waals surface area contributed by atoms with E-state index in [4.69, 9.17) is 4.74 Å². The molecule has 0 saturated heterocycles. The molecule has 6 heteroatoms. The predicted octanol–water partition coefficient (Wildman–Crippen LogP) is 2.60. The first-order chi connectivity index (χ1) is 11.6. The minimum Gasteiger partial charge on any atom is -0.381 e. The number of carbonyl (C=O) groups is 2. The van der Waals surface area contributed by atoms with E-state index in [-0.39, 0.29) is 17.6 Å². The van der Waals surface area contributed by atoms with Crippen LogP contribution in [0.5, 0.6) is 0 Å². The summed E-state index contributed by atoms with van der Waals surface area (Å²) in [5.41, 5.74) is 1.89. The van der Waals surface area contributed by atoms with Gasteiger partial charge in [-0.25, -0.2) is 0 Å². The minimum absolute atomic E-state index is 0.0365. The molecule has 132 valence electrons. The molecule has 2 rings (SSSR count). The fourth-order valence-electron chi connectivity index (χ4n) is 2.14. The van der Waals surface area contributed by atoms with Crippen LogP contribution in [0.4, 0.5) is 5.69 Å². The van der Waals surface area contributed by atoms with Gasteiger partial charge in [0.05, 0.1) is 11.5 Å². The van der Waals surface area contributed by atoms with Gasteiger partial charge in [0, 0.05) is 25.4 Å². The van der Waals surface area contributed by atoms with E-state index in [0.717, 1.165) is 30.2 Å². The van der Waals surface area contributed by atoms with Gasteiger partial charge in [-0.3, -0.25) is 9.59 Å². The van der Waals surface area contributed by atoms with Gasteiger partial charge in [-0.15, -0.1) is 11.8 Å². The van der Waals surface area contributed by atoms with Crippen LogP contribution >= 0.6 is 11.8 Å². The third-order valence-electron chi connectivity index (χ3n) is 3.61. The number of nitrogens with one attached hydrogen (secondary N) is 2. The summed E-state index contributed by atoms with van der Waals surface area (Å²) in [6.07, 6.45) is 3.42. The van der Waals surface area contributed by atoms with Crippen molar-refractivity contribution in [3.63, 3.8) is 0 Å². The van der Waals surface area contributed by atoms with Gasteiger partial charge in [-0.05, 0) is 49.8 Å². The lowest BCUT2D eigenvalue weighted by Crippen LogP contribution is -2.27. The minimum atomic E-state index is -0.0909. The highest BCUT2D eigenvalue weighted by Crippen LogP contribution is 2.28. The largest absolute Gasteiger partial charge is 0.381 e. The Hall–Kier alpha value is -1.53. The number of rotatable bonds is 11. The van der Waals surface area contributed by atoms with Crippen LogP contribution < -0.4 is 10.6 Å². The summed E-state index contributed by atoms with van der Waals surface area (Å²) in [6, 6.07) is 7.65. The lowest BCUT2D eigenvalue weighted by molar-refractivity contribution is -0.118. The Balaban J connectivity index is 1.46. The molecule has 1 aliphatic carbocycles. The number of ether oxygens (including phenoxy) is 1. The summed E-state index contributed by atoms with van der Waals surface area (Å²) in [5, 5.41) is 5.67. The van der Waals surface area contributed by atoms with Crippen LogP contribution in [-0.4, -0.2) is 43.1 Å². The van der Waals surface area contributed by atoms with Crippen LogP contribution in [0.3, 0.4) is 0 Å². The number of amides is 2. The molecule has 1 aromatic rings. The van der Waals surface area contributed by atoms with E-state index in [2.05, 4.69) is 10.6 Å². The Kier molecular flexibility index (Phi) is 8.12. The van der Waals surface area contributed by atoms with Crippen molar-refractivity contribution in [3.8, 4) is 0 Å². The Labute approximate surface area is 147 Å². The highest BCUT2D eigenvalue weighted by Gasteiger charge is 2.20. The number of anilines is 1. The molecule has 0 radical (unpaired) electrons. The molecule has 0 atom stereocenters. The SMILES string of the molecule is Cc1cccc(NC(=O)CSCC(=O)NCCCOCC2CC2)c1. The highest BCUT2D eigenvalue weighted by atomic mass is 32.2. The van der Waals surface area contributed by atoms with Crippen LogP contribution in [0.15, 0.2) is 24.3 Å². The number of benzene rings is 1. The van der Waals surface area contributed by atoms with E-state index in [1.54, 1.807) is 0 Å². The van der Waals surface area contributed by atoms with Crippen LogP contribution in [0.25, 0.3) is 0 Å². The van der Waals surface area contributed by atoms with Crippen molar-refractivity contribution in [1.29, 1.82) is 0 Å². The van der Waals surface area contributed by atoms with Crippen LogP contribution in [0.2, 0.25) is 0 Å². The predicted molar refractivity (Wildman–Crippen MR) is 98.3 cm³/mol. The summed E-state index contributed by atoms with van der Waals surface area (Å²) in [5.74, 6) is 1.22. The maximum atomic E-state index is 11.8. The Morgan fingerprint density at radius 2 is 2.04 bits per heavy atom. The number of aryl methyl sites for hydroxylation is 1. The standard InChI is InChI=1S/C18H26N2O3S/c1-14-4-2-5-16(10-14)20-18(22)13-24-12-17(21)19-8-3-9-23-11-15-6-7-15/h2,4-5,10,15H,3,6-9,11-13H2,1H3,(H,19,21)(H,20,22). The molecule has 1 saturated carbocycles. The van der Waals surface area contributed by atoms with Crippen LogP contribution in [-0.2, 0) is 14.3 Å². The molecule has 5 nitrogen and oxygen atoms in total. The van der Waals surface area contributed by atoms with Gasteiger partial charge in [0.2, 0.25) is 11.8 Å². The molecule has 0 aliphatic heterocycles. The Morgan fingerprint density at radius 1 is 1.25 bits per heavy atom. The second-order valence-electron chi connectivity index (χ2n) is 6.13. The van der Waals surface area contributed by atoms with E-state index in [9.17, 15) is 9.59 Å². The Bertz CT molecular complexity index is 547. The van der Waals surface area contributed by atoms with Gasteiger partial charge >= 0.3 is 0 Å². The monoisotopic (exact) mass is 350 g/mol. The highest BCUT2D eigenvalue weighted by molar-refractivity contribution is 8.00.